The van der Waals surface area contributed by atoms with Crippen molar-refractivity contribution in [2.75, 3.05) is 0 Å². The van der Waals surface area contributed by atoms with Gasteiger partial charge in [-0.1, -0.05) is 0 Å². The van der Waals surface area contributed by atoms with Crippen LogP contribution in [0.1, 0.15) is 0 Å². The minimum absolute atomic E-state index is 0.424. The van der Waals surface area contributed by atoms with E-state index in [1.807, 2.05) is 10.6 Å². The second kappa shape index (κ2) is 2.31. The lowest BCUT2D eigenvalue weighted by molar-refractivity contribution is -0.126. The zero-order valence-corrected chi connectivity index (χ0v) is 5.21. The van der Waals surface area contributed by atoms with E-state index < -0.39 is 23.5 Å². The van der Waals surface area contributed by atoms with Crippen LogP contribution in [0, 0.1) is 5.41 Å². The van der Waals surface area contributed by atoms with E-state index >= 15 is 0 Å². The fourth-order valence-corrected chi connectivity index (χ4v) is 0.571. The number of carbonyl (C=O) groups is 2. The summed E-state index contributed by atoms with van der Waals surface area (Å²) < 4.78 is 0. The van der Waals surface area contributed by atoms with E-state index in [9.17, 15) is 9.59 Å². The van der Waals surface area contributed by atoms with Gasteiger partial charge in [-0.2, -0.15) is 4.79 Å². The summed E-state index contributed by atoms with van der Waals surface area (Å²) in [7, 11) is 0. The number of nitrogens with one attached hydrogen (secondary N) is 3. The molecule has 1 aliphatic heterocycles. The van der Waals surface area contributed by atoms with Gasteiger partial charge >= 0.3 is 17.5 Å². The summed E-state index contributed by atoms with van der Waals surface area (Å²) in [6.07, 6.45) is 0. The lowest BCUT2D eigenvalue weighted by Crippen LogP contribution is -2.57. The zero-order valence-electron chi connectivity index (χ0n) is 5.21. The van der Waals surface area contributed by atoms with Gasteiger partial charge in [0.15, 0.2) is 0 Å². The summed E-state index contributed by atoms with van der Waals surface area (Å²) in [6, 6.07) is 0. The molecule has 1 fully saturated rings. The molecule has 0 radical (unpaired) electrons. The first kappa shape index (κ1) is 7.10. The Labute approximate surface area is 60.5 Å². The molecule has 0 aromatic carbocycles. The lowest BCUT2D eigenvalue weighted by Gasteiger charge is -2.08. The Kier molecular flexibility index (Phi) is 1.49. The summed E-state index contributed by atoms with van der Waals surface area (Å²) in [5.41, 5.74) is 7.46. The molecule has 0 aromatic rings. The number of nitrogens with zero attached hydrogens (tertiary/aromatic N) is 2. The molecule has 7 nitrogen and oxygen atoms in total. The molecule has 7 heteroatoms. The SMILES string of the molecule is [N-]=[N+]=C1C(=O)NC(=N)NC1=O. The van der Waals surface area contributed by atoms with Crippen molar-refractivity contribution in [3.8, 4) is 0 Å². The molecular weight excluding hydrogens is 150 g/mol. The molecule has 1 heterocycles. The third-order valence-electron chi connectivity index (χ3n) is 1.01. The molecule has 1 rings (SSSR count). The van der Waals surface area contributed by atoms with E-state index in [1.165, 1.54) is 0 Å². The lowest BCUT2D eigenvalue weighted by atomic mass is 10.3. The molecule has 0 aromatic heterocycles. The molecule has 1 aliphatic rings. The van der Waals surface area contributed by atoms with Crippen LogP contribution in [0.25, 0.3) is 5.53 Å². The number of guanidine groups is 1. The molecule has 2 amide bonds. The zero-order chi connectivity index (χ0) is 8.43. The van der Waals surface area contributed by atoms with Crippen LogP contribution in [0.4, 0.5) is 0 Å². The maximum Gasteiger partial charge on any atom is 0.443 e. The fourth-order valence-electron chi connectivity index (χ4n) is 0.571. The van der Waals surface area contributed by atoms with Gasteiger partial charge in [0.25, 0.3) is 0 Å². The Hall–Kier alpha value is -2.01. The van der Waals surface area contributed by atoms with Crippen LogP contribution in [0.2, 0.25) is 0 Å². The average molecular weight is 153 g/mol. The monoisotopic (exact) mass is 153 g/mol. The van der Waals surface area contributed by atoms with Gasteiger partial charge in [-0.25, -0.2) is 0 Å². The van der Waals surface area contributed by atoms with E-state index in [2.05, 4.69) is 4.79 Å². The molecule has 0 saturated carbocycles. The first-order valence-corrected chi connectivity index (χ1v) is 2.58. The van der Waals surface area contributed by atoms with Gasteiger partial charge in [-0.05, 0) is 0 Å². The van der Waals surface area contributed by atoms with Gasteiger partial charge < -0.3 is 5.53 Å². The summed E-state index contributed by atoms with van der Waals surface area (Å²) >= 11 is 0. The molecule has 1 saturated heterocycles. The number of amides is 2. The van der Waals surface area contributed by atoms with Gasteiger partial charge in [0.1, 0.15) is 0 Å². The van der Waals surface area contributed by atoms with E-state index in [0.717, 1.165) is 0 Å². The Morgan fingerprint density at radius 1 is 1.27 bits per heavy atom. The van der Waals surface area contributed by atoms with Crippen LogP contribution in [0.5, 0.6) is 0 Å². The van der Waals surface area contributed by atoms with Crippen LogP contribution in [0.15, 0.2) is 0 Å². The first-order chi connectivity index (χ1) is 5.15. The molecular formula is C4H3N5O2. The van der Waals surface area contributed by atoms with Crippen molar-refractivity contribution in [1.29, 1.82) is 5.41 Å². The molecule has 0 bridgehead atoms. The van der Waals surface area contributed by atoms with Crippen molar-refractivity contribution in [2.45, 2.75) is 0 Å². The predicted molar refractivity (Wildman–Crippen MR) is 32.6 cm³/mol. The molecule has 0 spiro atoms. The summed E-state index contributed by atoms with van der Waals surface area (Å²) in [5, 5.41) is 10.7. The molecule has 3 N–H and O–H groups in total. The third kappa shape index (κ3) is 1.12. The Morgan fingerprint density at radius 2 is 1.73 bits per heavy atom. The smallest absolute Gasteiger partial charge is 0.360 e. The number of hydrogen-bond donors (Lipinski definition) is 3. The summed E-state index contributed by atoms with van der Waals surface area (Å²) in [6.45, 7) is 0. The van der Waals surface area contributed by atoms with Gasteiger partial charge in [-0.3, -0.25) is 25.6 Å². The highest BCUT2D eigenvalue weighted by Gasteiger charge is 2.35. The summed E-state index contributed by atoms with van der Waals surface area (Å²) in [4.78, 5) is 23.7. The first-order valence-electron chi connectivity index (χ1n) is 2.58. The van der Waals surface area contributed by atoms with Crippen LogP contribution >= 0.6 is 0 Å². The number of carbonyl (C=O) groups excluding carboxylic acids is 2. The quantitative estimate of drug-likeness (QED) is 0.271. The second-order valence-corrected chi connectivity index (χ2v) is 1.73. The molecule has 0 unspecified atom stereocenters. The van der Waals surface area contributed by atoms with Crippen LogP contribution in [-0.2, 0) is 9.59 Å². The van der Waals surface area contributed by atoms with E-state index in [0.29, 0.717) is 0 Å². The minimum Gasteiger partial charge on any atom is -0.360 e. The predicted octanol–water partition coefficient (Wildman–Crippen LogP) is -2.16. The molecule has 11 heavy (non-hydrogen) atoms. The highest BCUT2D eigenvalue weighted by Crippen LogP contribution is 1.81. The van der Waals surface area contributed by atoms with Crippen molar-refractivity contribution < 1.29 is 14.4 Å². The Balaban J connectivity index is 3.02. The van der Waals surface area contributed by atoms with Gasteiger partial charge in [-0.15, -0.1) is 0 Å². The topological polar surface area (TPSA) is 118 Å². The van der Waals surface area contributed by atoms with Crippen molar-refractivity contribution in [3.63, 3.8) is 0 Å². The Bertz CT molecular complexity index is 278. The summed E-state index contributed by atoms with van der Waals surface area (Å²) in [5.74, 6) is -2.20. The number of hydrogen-bond acceptors (Lipinski definition) is 3. The molecule has 0 atom stereocenters. The van der Waals surface area contributed by atoms with Gasteiger partial charge in [0.05, 0.1) is 0 Å². The molecule has 0 aliphatic carbocycles. The second-order valence-electron chi connectivity index (χ2n) is 1.73. The van der Waals surface area contributed by atoms with Crippen molar-refractivity contribution >= 4 is 23.5 Å². The highest BCUT2D eigenvalue weighted by atomic mass is 16.2. The van der Waals surface area contributed by atoms with E-state index in [1.54, 1.807) is 0 Å². The van der Waals surface area contributed by atoms with Crippen molar-refractivity contribution in [3.05, 3.63) is 5.53 Å². The van der Waals surface area contributed by atoms with Crippen LogP contribution in [-0.4, -0.2) is 28.3 Å². The number of rotatable bonds is 0. The van der Waals surface area contributed by atoms with Crippen LogP contribution < -0.4 is 10.6 Å². The average Bonchev–Trinajstić information content (AvgIpc) is 1.85. The van der Waals surface area contributed by atoms with Gasteiger partial charge in [0, 0.05) is 0 Å². The van der Waals surface area contributed by atoms with Crippen molar-refractivity contribution in [2.24, 2.45) is 0 Å². The fraction of sp³-hybridized carbons (Fsp3) is 0. The largest absolute Gasteiger partial charge is 0.443 e. The third-order valence-corrected chi connectivity index (χ3v) is 1.01. The highest BCUT2D eigenvalue weighted by molar-refractivity contribution is 6.67. The molecule has 56 valence electrons. The standard InChI is InChI=1S/C4H3N5O2/c5-4-7-2(10)1(9-6)3(11)8-4/h(H3,5,7,8,10,11). The minimum atomic E-state index is -0.888. The maximum atomic E-state index is 10.6. The maximum absolute atomic E-state index is 10.6. The van der Waals surface area contributed by atoms with E-state index in [4.69, 9.17) is 10.9 Å². The van der Waals surface area contributed by atoms with Gasteiger partial charge in [0.2, 0.25) is 5.96 Å². The van der Waals surface area contributed by atoms with Crippen LogP contribution in [0.3, 0.4) is 0 Å². The Morgan fingerprint density at radius 3 is 2.09 bits per heavy atom. The van der Waals surface area contributed by atoms with Crippen molar-refractivity contribution in [1.82, 2.24) is 10.6 Å². The van der Waals surface area contributed by atoms with E-state index in [-0.39, 0.29) is 0 Å². The normalized spacial score (nSPS) is 17.1.